The molecule has 0 spiro atoms. The second-order valence-corrected chi connectivity index (χ2v) is 7.38. The summed E-state index contributed by atoms with van der Waals surface area (Å²) >= 11 is 4.69. The first-order valence-corrected chi connectivity index (χ1v) is 9.61. The first-order chi connectivity index (χ1) is 13.0. The van der Waals surface area contributed by atoms with Crippen molar-refractivity contribution in [3.63, 3.8) is 0 Å². The molecule has 0 atom stereocenters. The number of hydrogen-bond acceptors (Lipinski definition) is 5. The van der Waals surface area contributed by atoms with Crippen molar-refractivity contribution in [1.82, 2.24) is 5.32 Å². The van der Waals surface area contributed by atoms with E-state index in [9.17, 15) is 9.59 Å². The van der Waals surface area contributed by atoms with Gasteiger partial charge in [0.1, 0.15) is 5.75 Å². The number of thioether (sulfide) groups is 1. The third-order valence-corrected chi connectivity index (χ3v) is 5.05. The SMILES string of the molecule is O=C(O)CCOc1cccc(/C=C2/SC(=Nc3ccccc3Br)NC2=O)c1. The number of para-hydroxylation sites is 1. The number of nitrogens with zero attached hydrogens (tertiary/aromatic N) is 1. The van der Waals surface area contributed by atoms with E-state index in [1.54, 1.807) is 24.3 Å². The zero-order valence-electron chi connectivity index (χ0n) is 14.0. The molecule has 1 heterocycles. The van der Waals surface area contributed by atoms with Gasteiger partial charge in [0.15, 0.2) is 5.17 Å². The molecule has 6 nitrogen and oxygen atoms in total. The molecule has 1 fully saturated rings. The van der Waals surface area contributed by atoms with Crippen molar-refractivity contribution < 1.29 is 19.4 Å². The molecule has 2 aromatic carbocycles. The van der Waals surface area contributed by atoms with Gasteiger partial charge in [-0.25, -0.2) is 4.99 Å². The van der Waals surface area contributed by atoms with Gasteiger partial charge < -0.3 is 15.2 Å². The second-order valence-electron chi connectivity index (χ2n) is 5.50. The Bertz CT molecular complexity index is 943. The largest absolute Gasteiger partial charge is 0.493 e. The van der Waals surface area contributed by atoms with Crippen molar-refractivity contribution in [3.05, 3.63) is 63.5 Å². The molecule has 27 heavy (non-hydrogen) atoms. The standard InChI is InChI=1S/C19H15BrN2O4S/c20-14-6-1-2-7-15(14)21-19-22-18(25)16(27-19)11-12-4-3-5-13(10-12)26-9-8-17(23)24/h1-7,10-11H,8-9H2,(H,23,24)(H,21,22,25)/b16-11+. The van der Waals surface area contributed by atoms with Crippen LogP contribution < -0.4 is 10.1 Å². The summed E-state index contributed by atoms with van der Waals surface area (Å²) in [5.41, 5.74) is 1.51. The molecule has 1 amide bonds. The Kier molecular flexibility index (Phi) is 6.31. The lowest BCUT2D eigenvalue weighted by Crippen LogP contribution is -2.19. The molecule has 0 aliphatic carbocycles. The molecule has 8 heteroatoms. The minimum atomic E-state index is -0.913. The summed E-state index contributed by atoms with van der Waals surface area (Å²) in [4.78, 5) is 27.7. The van der Waals surface area contributed by atoms with Gasteiger partial charge in [-0.05, 0) is 63.6 Å². The molecule has 1 aliphatic rings. The molecule has 0 saturated carbocycles. The van der Waals surface area contributed by atoms with Gasteiger partial charge in [0.2, 0.25) is 0 Å². The number of amides is 1. The normalized spacial score (nSPS) is 16.6. The van der Waals surface area contributed by atoms with E-state index >= 15 is 0 Å². The summed E-state index contributed by atoms with van der Waals surface area (Å²) in [5.74, 6) is -0.580. The number of hydrogen-bond donors (Lipinski definition) is 2. The van der Waals surface area contributed by atoms with Crippen molar-refractivity contribution in [1.29, 1.82) is 0 Å². The van der Waals surface area contributed by atoms with Crippen LogP contribution in [0.1, 0.15) is 12.0 Å². The lowest BCUT2D eigenvalue weighted by atomic mass is 10.2. The highest BCUT2D eigenvalue weighted by atomic mass is 79.9. The van der Waals surface area contributed by atoms with Crippen LogP contribution in [0.4, 0.5) is 5.69 Å². The van der Waals surface area contributed by atoms with Crippen molar-refractivity contribution in [2.24, 2.45) is 4.99 Å². The maximum absolute atomic E-state index is 12.2. The average molecular weight is 447 g/mol. The van der Waals surface area contributed by atoms with E-state index in [1.807, 2.05) is 30.3 Å². The second kappa shape index (κ2) is 8.88. The Hall–Kier alpha value is -2.58. The third-order valence-electron chi connectivity index (χ3n) is 3.47. The number of benzene rings is 2. The summed E-state index contributed by atoms with van der Waals surface area (Å²) in [7, 11) is 0. The number of amidine groups is 1. The molecular formula is C19H15BrN2O4S. The fraction of sp³-hybridized carbons (Fsp3) is 0.105. The molecule has 0 bridgehead atoms. The highest BCUT2D eigenvalue weighted by Gasteiger charge is 2.24. The zero-order chi connectivity index (χ0) is 19.2. The van der Waals surface area contributed by atoms with Gasteiger partial charge in [0.25, 0.3) is 5.91 Å². The number of halogens is 1. The van der Waals surface area contributed by atoms with Crippen LogP contribution in [0.15, 0.2) is 62.9 Å². The quantitative estimate of drug-likeness (QED) is 0.649. The number of nitrogens with one attached hydrogen (secondary N) is 1. The van der Waals surface area contributed by atoms with Gasteiger partial charge in [-0.3, -0.25) is 9.59 Å². The van der Waals surface area contributed by atoms with E-state index in [1.165, 1.54) is 11.8 Å². The Morgan fingerprint density at radius 1 is 1.26 bits per heavy atom. The lowest BCUT2D eigenvalue weighted by Gasteiger charge is -2.05. The van der Waals surface area contributed by atoms with E-state index in [-0.39, 0.29) is 18.9 Å². The summed E-state index contributed by atoms with van der Waals surface area (Å²) in [6.07, 6.45) is 1.67. The van der Waals surface area contributed by atoms with Crippen LogP contribution in [-0.4, -0.2) is 28.8 Å². The first-order valence-electron chi connectivity index (χ1n) is 8.00. The van der Waals surface area contributed by atoms with Gasteiger partial charge in [0, 0.05) is 4.47 Å². The highest BCUT2D eigenvalue weighted by molar-refractivity contribution is 9.10. The molecule has 138 valence electrons. The van der Waals surface area contributed by atoms with Crippen LogP contribution in [0.3, 0.4) is 0 Å². The summed E-state index contributed by atoms with van der Waals surface area (Å²) in [6.45, 7) is 0.0906. The van der Waals surface area contributed by atoms with Crippen molar-refractivity contribution in [3.8, 4) is 5.75 Å². The molecule has 1 saturated heterocycles. The van der Waals surface area contributed by atoms with Gasteiger partial charge in [-0.15, -0.1) is 0 Å². The number of carboxylic acid groups (broad SMARTS) is 1. The Morgan fingerprint density at radius 2 is 2.07 bits per heavy atom. The molecule has 3 rings (SSSR count). The molecule has 1 aliphatic heterocycles. The monoisotopic (exact) mass is 446 g/mol. The molecule has 0 aromatic heterocycles. The molecule has 0 unspecified atom stereocenters. The van der Waals surface area contributed by atoms with Crippen LogP contribution in [0.25, 0.3) is 6.08 Å². The van der Waals surface area contributed by atoms with E-state index in [0.717, 1.165) is 15.7 Å². The molecule has 2 N–H and O–H groups in total. The fourth-order valence-electron chi connectivity index (χ4n) is 2.23. The van der Waals surface area contributed by atoms with Crippen LogP contribution >= 0.6 is 27.7 Å². The third kappa shape index (κ3) is 5.45. The van der Waals surface area contributed by atoms with Gasteiger partial charge >= 0.3 is 5.97 Å². The van der Waals surface area contributed by atoms with E-state index in [4.69, 9.17) is 9.84 Å². The summed E-state index contributed by atoms with van der Waals surface area (Å²) < 4.78 is 6.26. The number of rotatable bonds is 6. The number of aliphatic imine (C=N–C) groups is 1. The molecule has 2 aromatic rings. The Morgan fingerprint density at radius 3 is 2.85 bits per heavy atom. The Labute approximate surface area is 168 Å². The molecule has 0 radical (unpaired) electrons. The van der Waals surface area contributed by atoms with Crippen LogP contribution in [0.2, 0.25) is 0 Å². The van der Waals surface area contributed by atoms with Crippen molar-refractivity contribution >= 4 is 56.5 Å². The average Bonchev–Trinajstić information content (AvgIpc) is 2.96. The van der Waals surface area contributed by atoms with Crippen LogP contribution in [0, 0.1) is 0 Å². The predicted octanol–water partition coefficient (Wildman–Crippen LogP) is 4.19. The topological polar surface area (TPSA) is 88.0 Å². The van der Waals surface area contributed by atoms with Crippen molar-refractivity contribution in [2.75, 3.05) is 6.61 Å². The summed E-state index contributed by atoms with van der Waals surface area (Å²) in [5, 5.41) is 11.9. The maximum atomic E-state index is 12.2. The number of carbonyl (C=O) groups is 2. The predicted molar refractivity (Wildman–Crippen MR) is 109 cm³/mol. The number of ether oxygens (including phenoxy) is 1. The summed E-state index contributed by atoms with van der Waals surface area (Å²) in [6, 6.07) is 14.6. The first kappa shape index (κ1) is 19.2. The number of carbonyl (C=O) groups excluding carboxylic acids is 1. The smallest absolute Gasteiger partial charge is 0.306 e. The number of carboxylic acids is 1. The van der Waals surface area contributed by atoms with Crippen LogP contribution in [-0.2, 0) is 9.59 Å². The van der Waals surface area contributed by atoms with Crippen molar-refractivity contribution in [2.45, 2.75) is 6.42 Å². The van der Waals surface area contributed by atoms with Gasteiger partial charge in [-0.1, -0.05) is 24.3 Å². The molecular weight excluding hydrogens is 432 g/mol. The van der Waals surface area contributed by atoms with E-state index in [2.05, 4.69) is 26.2 Å². The van der Waals surface area contributed by atoms with Gasteiger partial charge in [-0.2, -0.15) is 0 Å². The zero-order valence-corrected chi connectivity index (χ0v) is 16.4. The Balaban J connectivity index is 1.73. The minimum absolute atomic E-state index is 0.0710. The van der Waals surface area contributed by atoms with Gasteiger partial charge in [0.05, 0.1) is 23.6 Å². The fourth-order valence-corrected chi connectivity index (χ4v) is 3.44. The van der Waals surface area contributed by atoms with E-state index < -0.39 is 5.97 Å². The lowest BCUT2D eigenvalue weighted by molar-refractivity contribution is -0.137. The highest BCUT2D eigenvalue weighted by Crippen LogP contribution is 2.31. The number of aliphatic carboxylic acids is 1. The maximum Gasteiger partial charge on any atom is 0.306 e. The van der Waals surface area contributed by atoms with E-state index in [0.29, 0.717) is 15.8 Å². The minimum Gasteiger partial charge on any atom is -0.493 e. The van der Waals surface area contributed by atoms with Crippen LogP contribution in [0.5, 0.6) is 5.75 Å².